The fourth-order valence-electron chi connectivity index (χ4n) is 10.4. The van der Waals surface area contributed by atoms with E-state index in [0.29, 0.717) is 11.1 Å². The van der Waals surface area contributed by atoms with Crippen LogP contribution in [0, 0.1) is 28.6 Å². The Bertz CT molecular complexity index is 2150. The Morgan fingerprint density at radius 2 is 1.47 bits per heavy atom. The van der Waals surface area contributed by atoms with Crippen molar-refractivity contribution in [2.24, 2.45) is 28.6 Å². The summed E-state index contributed by atoms with van der Waals surface area (Å²) in [7, 11) is 2.03. The number of esters is 3. The molecule has 2 bridgehead atoms. The van der Waals surface area contributed by atoms with Crippen LogP contribution in [-0.4, -0.2) is 93.9 Å². The number of carbonyl (C=O) groups excluding carboxylic acids is 6. The van der Waals surface area contributed by atoms with Crippen LogP contribution in [0.5, 0.6) is 0 Å². The molecule has 0 aromatic heterocycles. The average molecular weight is 844 g/mol. The van der Waals surface area contributed by atoms with Crippen molar-refractivity contribution in [2.75, 3.05) is 6.61 Å². The minimum Gasteiger partial charge on any atom is -0.460 e. The summed E-state index contributed by atoms with van der Waals surface area (Å²) in [6, 6.07) is 23.8. The van der Waals surface area contributed by atoms with Crippen molar-refractivity contribution in [1.82, 2.24) is 5.32 Å². The van der Waals surface area contributed by atoms with Gasteiger partial charge in [0.25, 0.3) is 5.91 Å². The Labute approximate surface area is 349 Å². The highest BCUT2D eigenvalue weighted by Gasteiger charge is 2.79. The van der Waals surface area contributed by atoms with Crippen LogP contribution in [0.4, 0.5) is 0 Å². The van der Waals surface area contributed by atoms with Gasteiger partial charge in [0.1, 0.15) is 23.9 Å². The van der Waals surface area contributed by atoms with Gasteiger partial charge >= 0.3 is 17.9 Å². The predicted molar refractivity (Wildman–Crippen MR) is 216 cm³/mol. The molecule has 7 rings (SSSR count). The van der Waals surface area contributed by atoms with Crippen LogP contribution in [0.1, 0.15) is 79.8 Å². The maximum Gasteiger partial charge on any atom is 0.338 e. The molecule has 60 heavy (non-hydrogen) atoms. The van der Waals surface area contributed by atoms with Crippen LogP contribution < -0.4 is 5.32 Å². The molecule has 15 heteroatoms. The molecule has 1 saturated heterocycles. The third-order valence-corrected chi connectivity index (χ3v) is 13.9. The molecule has 1 aliphatic heterocycles. The summed E-state index contributed by atoms with van der Waals surface area (Å²) in [6.07, 6.45) is -7.77. The van der Waals surface area contributed by atoms with Gasteiger partial charge in [0.2, 0.25) is 11.6 Å². The number of Topliss-reactive ketones (excluding diaryl/α,β-unsaturated/α-hetero) is 2. The van der Waals surface area contributed by atoms with E-state index in [-0.39, 0.29) is 18.6 Å². The molecule has 318 valence electrons. The molecule has 13 unspecified atom stereocenters. The highest BCUT2D eigenvalue weighted by Crippen LogP contribution is 2.64. The second kappa shape index (κ2) is 16.2. The lowest BCUT2D eigenvalue weighted by atomic mass is 9.42. The number of ketones is 2. The normalized spacial score (nSPS) is 33.8. The first kappa shape index (κ1) is 43.2. The highest BCUT2D eigenvalue weighted by molar-refractivity contribution is 7.09. The number of aliphatic hydroxyl groups is 2. The van der Waals surface area contributed by atoms with Gasteiger partial charge in [-0.3, -0.25) is 19.2 Å². The molecule has 3 N–H and O–H groups in total. The maximum atomic E-state index is 15.0. The number of ether oxygens (including phenoxy) is 4. The Morgan fingerprint density at radius 1 is 0.883 bits per heavy atom. The number of hydrogen-bond donors (Lipinski definition) is 3. The van der Waals surface area contributed by atoms with E-state index < -0.39 is 118 Å². The zero-order chi connectivity index (χ0) is 43.4. The molecule has 14 nitrogen and oxygen atoms in total. The van der Waals surface area contributed by atoms with E-state index in [9.17, 15) is 39.0 Å². The smallest absolute Gasteiger partial charge is 0.338 e. The number of rotatable bonds is 10. The highest BCUT2D eigenvalue weighted by atomic mass is 31.0. The SMILES string of the molecule is CC(=O)OC12COC1CC(O)C1(C)C(=O)C(=O)C3C(C)C(OC(=O)C(OP)C(NC(=O)c4ccccc4)c4ccccc4)CC(O)(C(OC(=O)c4ccccc4)C21)C3(C)C. The van der Waals surface area contributed by atoms with Gasteiger partial charge in [-0.15, -0.1) is 0 Å². The van der Waals surface area contributed by atoms with E-state index in [1.807, 2.05) is 9.47 Å². The van der Waals surface area contributed by atoms with Gasteiger partial charge in [-0.1, -0.05) is 87.5 Å². The Kier molecular flexibility index (Phi) is 11.7. The molecule has 0 spiro atoms. The number of carbonyl (C=O) groups is 6. The third kappa shape index (κ3) is 6.96. The van der Waals surface area contributed by atoms with Crippen LogP contribution in [0.25, 0.3) is 0 Å². The summed E-state index contributed by atoms with van der Waals surface area (Å²) in [4.78, 5) is 85.0. The zero-order valence-corrected chi connectivity index (χ0v) is 35.1. The second-order valence-corrected chi connectivity index (χ2v) is 17.5. The molecular formula is C45H50NO13P. The first-order valence-corrected chi connectivity index (χ1v) is 20.4. The molecule has 3 aromatic carbocycles. The second-order valence-electron chi connectivity index (χ2n) is 17.2. The number of aliphatic hydroxyl groups excluding tert-OH is 1. The lowest BCUT2D eigenvalue weighted by Crippen LogP contribution is -2.82. The monoisotopic (exact) mass is 843 g/mol. The van der Waals surface area contributed by atoms with E-state index in [4.69, 9.17) is 23.5 Å². The van der Waals surface area contributed by atoms with Gasteiger partial charge in [-0.25, -0.2) is 9.59 Å². The third-order valence-electron chi connectivity index (χ3n) is 13.7. The number of amides is 1. The fourth-order valence-corrected chi connectivity index (χ4v) is 10.6. The Balaban J connectivity index is 1.34. The summed E-state index contributed by atoms with van der Waals surface area (Å²) in [5, 5.41) is 28.3. The van der Waals surface area contributed by atoms with Gasteiger partial charge in [-0.05, 0) is 36.8 Å². The lowest BCUT2D eigenvalue weighted by molar-refractivity contribution is -0.350. The van der Waals surface area contributed by atoms with Crippen molar-refractivity contribution < 1.29 is 62.5 Å². The number of fused-ring (bicyclic) bond motifs is 5. The van der Waals surface area contributed by atoms with Gasteiger partial charge in [0, 0.05) is 52.0 Å². The minimum absolute atomic E-state index is 0.0954. The van der Waals surface area contributed by atoms with Crippen molar-refractivity contribution in [1.29, 1.82) is 0 Å². The first-order chi connectivity index (χ1) is 28.4. The van der Waals surface area contributed by atoms with Gasteiger partial charge in [-0.2, -0.15) is 0 Å². The topological polar surface area (TPSA) is 201 Å². The molecule has 4 fully saturated rings. The van der Waals surface area contributed by atoms with Crippen LogP contribution in [0.2, 0.25) is 0 Å². The van der Waals surface area contributed by atoms with Crippen molar-refractivity contribution in [2.45, 2.75) is 95.2 Å². The van der Waals surface area contributed by atoms with Crippen LogP contribution >= 0.6 is 9.47 Å². The van der Waals surface area contributed by atoms with Crippen LogP contribution in [0.3, 0.4) is 0 Å². The summed E-state index contributed by atoms with van der Waals surface area (Å²) in [5.41, 5.74) is -6.77. The average Bonchev–Trinajstić information content (AvgIpc) is 3.22. The Hall–Kier alpha value is -4.85. The molecule has 3 aliphatic carbocycles. The molecule has 13 atom stereocenters. The summed E-state index contributed by atoms with van der Waals surface area (Å²) in [5.74, 6) is -8.93. The van der Waals surface area contributed by atoms with Crippen molar-refractivity contribution in [3.05, 3.63) is 108 Å². The summed E-state index contributed by atoms with van der Waals surface area (Å²) >= 11 is 0. The van der Waals surface area contributed by atoms with E-state index in [0.717, 1.165) is 6.92 Å². The maximum absolute atomic E-state index is 15.0. The van der Waals surface area contributed by atoms with Crippen molar-refractivity contribution >= 4 is 44.8 Å². The van der Waals surface area contributed by atoms with Crippen LogP contribution in [0.15, 0.2) is 91.0 Å². The molecule has 3 aromatic rings. The predicted octanol–water partition coefficient (Wildman–Crippen LogP) is 4.12. The number of hydrogen-bond acceptors (Lipinski definition) is 13. The molecule has 4 aliphatic rings. The molecule has 3 saturated carbocycles. The fraction of sp³-hybridized carbons (Fsp3) is 0.467. The van der Waals surface area contributed by atoms with E-state index >= 15 is 0 Å². The van der Waals surface area contributed by atoms with Crippen molar-refractivity contribution in [3.63, 3.8) is 0 Å². The number of nitrogens with one attached hydrogen (secondary N) is 1. The first-order valence-electron chi connectivity index (χ1n) is 20.0. The largest absolute Gasteiger partial charge is 0.460 e. The summed E-state index contributed by atoms with van der Waals surface area (Å²) in [6.45, 7) is 7.03. The van der Waals surface area contributed by atoms with Crippen LogP contribution in [-0.2, 0) is 42.6 Å². The summed E-state index contributed by atoms with van der Waals surface area (Å²) < 4.78 is 30.1. The molecule has 0 radical (unpaired) electrons. The van der Waals surface area contributed by atoms with Gasteiger partial charge in [0.15, 0.2) is 11.7 Å². The quantitative estimate of drug-likeness (QED) is 0.114. The van der Waals surface area contributed by atoms with Crippen molar-refractivity contribution in [3.8, 4) is 0 Å². The van der Waals surface area contributed by atoms with E-state index in [2.05, 4.69) is 5.32 Å². The molecule has 1 amide bonds. The minimum atomic E-state index is -2.32. The zero-order valence-electron chi connectivity index (χ0n) is 33.9. The molecule has 1 heterocycles. The van der Waals surface area contributed by atoms with Gasteiger partial charge in [0.05, 0.1) is 35.6 Å². The number of benzene rings is 3. The van der Waals surface area contributed by atoms with E-state index in [1.54, 1.807) is 99.6 Å². The molecular weight excluding hydrogens is 793 g/mol. The lowest BCUT2D eigenvalue weighted by Gasteiger charge is -2.67. The standard InChI is InChI=1S/C45H50NO13P/c1-24-29(56-41(53)35(59-60)33(26-15-9-6-10-16-26)46-39(51)27-17-11-7-12-18-27)22-45(54)38(57-40(52)28-19-13-8-14-20-28)36-43(5,37(50)34(49)32(24)42(45,3)4)30(48)21-31-44(36,23-55-31)58-25(2)47/h6-20,24,29-33,35-36,38,48,54H,21-23,60H2,1-5H3,(H,46,51). The van der Waals surface area contributed by atoms with Gasteiger partial charge < -0.3 is 39.0 Å². The van der Waals surface area contributed by atoms with E-state index in [1.165, 1.54) is 19.1 Å². The Morgan fingerprint density at radius 3 is 2.02 bits per heavy atom.